The predicted molar refractivity (Wildman–Crippen MR) is 85.3 cm³/mol. The first-order valence-corrected chi connectivity index (χ1v) is 7.87. The van der Waals surface area contributed by atoms with Crippen LogP contribution in [0.1, 0.15) is 31.5 Å². The summed E-state index contributed by atoms with van der Waals surface area (Å²) in [5, 5.41) is 22.7. The number of aliphatic hydroxyl groups is 1. The van der Waals surface area contributed by atoms with Crippen LogP contribution in [-0.4, -0.2) is 56.0 Å². The van der Waals surface area contributed by atoms with Crippen LogP contribution in [0, 0.1) is 0 Å². The number of anilines is 1. The molecule has 2 aromatic heterocycles. The molecule has 1 fully saturated rings. The fraction of sp³-hybridized carbons (Fsp3) is 0.600. The first-order chi connectivity index (χ1) is 11.4. The lowest BCUT2D eigenvalue weighted by molar-refractivity contribution is -0.123. The van der Waals surface area contributed by atoms with Gasteiger partial charge in [0.15, 0.2) is 5.82 Å². The predicted octanol–water partition coefficient (Wildman–Crippen LogP) is 0.234. The van der Waals surface area contributed by atoms with E-state index in [4.69, 9.17) is 4.74 Å². The molecule has 1 saturated heterocycles. The average Bonchev–Trinajstić information content (AvgIpc) is 3.17. The highest BCUT2D eigenvalue weighted by molar-refractivity contribution is 5.95. The first kappa shape index (κ1) is 16.6. The molecule has 2 aromatic rings. The molecule has 0 saturated carbocycles. The van der Waals surface area contributed by atoms with Gasteiger partial charge in [-0.25, -0.2) is 4.68 Å². The molecule has 1 N–H and O–H groups in total. The molecule has 1 aliphatic heterocycles. The Bertz CT molecular complexity index is 722. The normalized spacial score (nSPS) is 21.1. The summed E-state index contributed by atoms with van der Waals surface area (Å²) in [7, 11) is 3.32. The number of hydrogen-bond acceptors (Lipinski definition) is 6. The van der Waals surface area contributed by atoms with Crippen LogP contribution < -0.4 is 4.90 Å². The van der Waals surface area contributed by atoms with Crippen LogP contribution in [0.4, 0.5) is 5.82 Å². The van der Waals surface area contributed by atoms with Crippen molar-refractivity contribution in [3.63, 3.8) is 0 Å². The van der Waals surface area contributed by atoms with E-state index in [9.17, 15) is 9.90 Å². The van der Waals surface area contributed by atoms with Gasteiger partial charge in [-0.05, 0) is 19.8 Å². The second-order valence-electron chi connectivity index (χ2n) is 6.29. The van der Waals surface area contributed by atoms with Crippen molar-refractivity contribution in [2.75, 3.05) is 25.2 Å². The molecular weight excluding hydrogens is 312 g/mol. The molecule has 24 heavy (non-hydrogen) atoms. The maximum absolute atomic E-state index is 12.8. The van der Waals surface area contributed by atoms with Gasteiger partial charge in [0.05, 0.1) is 12.8 Å². The molecule has 9 heteroatoms. The molecule has 1 amide bonds. The number of ether oxygens (including phenoxy) is 1. The van der Waals surface area contributed by atoms with Crippen LogP contribution in [-0.2, 0) is 22.2 Å². The number of piperidine rings is 1. The van der Waals surface area contributed by atoms with Crippen molar-refractivity contribution >= 4 is 11.7 Å². The molecule has 2 atom stereocenters. The minimum atomic E-state index is -1.24. The van der Waals surface area contributed by atoms with Gasteiger partial charge >= 0.3 is 0 Å². The third-order valence-electron chi connectivity index (χ3n) is 4.19. The lowest BCUT2D eigenvalue weighted by atomic mass is 10.0. The number of amides is 1. The molecule has 0 bridgehead atoms. The fourth-order valence-electron chi connectivity index (χ4n) is 2.91. The Morgan fingerprint density at radius 2 is 2.29 bits per heavy atom. The number of carbonyl (C=O) groups excluding carboxylic acids is 1. The molecule has 3 heterocycles. The van der Waals surface area contributed by atoms with Crippen LogP contribution in [0.2, 0.25) is 0 Å². The molecule has 9 nitrogen and oxygen atoms in total. The Morgan fingerprint density at radius 1 is 1.50 bits per heavy atom. The van der Waals surface area contributed by atoms with Gasteiger partial charge in [-0.3, -0.25) is 14.4 Å². The van der Waals surface area contributed by atoms with Crippen molar-refractivity contribution in [1.29, 1.82) is 0 Å². The number of aryl methyl sites for hydroxylation is 1. The molecule has 1 aliphatic rings. The summed E-state index contributed by atoms with van der Waals surface area (Å²) in [6.45, 7) is 2.34. The number of nitrogens with zero attached hydrogens (tertiary/aromatic N) is 6. The lowest BCUT2D eigenvalue weighted by Crippen LogP contribution is -2.42. The number of aromatic nitrogens is 5. The standard InChI is InChI=1S/C15H22N6O3/c1-15(23,10-24-3)12-9-21(18-16-12)11-5-4-7-20(14(11)22)13-6-8-19(2)17-13/h6,8-9,11,23H,4-5,7,10H2,1-3H3. The van der Waals surface area contributed by atoms with Crippen LogP contribution >= 0.6 is 0 Å². The van der Waals surface area contributed by atoms with Gasteiger partial charge in [0, 0.05) is 33.0 Å². The molecule has 0 aliphatic carbocycles. The monoisotopic (exact) mass is 334 g/mol. The van der Waals surface area contributed by atoms with Crippen molar-refractivity contribution in [2.45, 2.75) is 31.4 Å². The van der Waals surface area contributed by atoms with Crippen molar-refractivity contribution in [3.8, 4) is 0 Å². The Kier molecular flexibility index (Phi) is 4.37. The van der Waals surface area contributed by atoms with E-state index in [0.717, 1.165) is 6.42 Å². The second kappa shape index (κ2) is 6.33. The third-order valence-corrected chi connectivity index (χ3v) is 4.19. The van der Waals surface area contributed by atoms with E-state index in [1.165, 1.54) is 11.8 Å². The molecular formula is C15H22N6O3. The first-order valence-electron chi connectivity index (χ1n) is 7.87. The fourth-order valence-corrected chi connectivity index (χ4v) is 2.91. The topological polar surface area (TPSA) is 98.3 Å². The summed E-state index contributed by atoms with van der Waals surface area (Å²) in [6, 6.07) is 1.37. The van der Waals surface area contributed by atoms with Crippen LogP contribution in [0.5, 0.6) is 0 Å². The van der Waals surface area contributed by atoms with Crippen molar-refractivity contribution in [1.82, 2.24) is 24.8 Å². The van der Waals surface area contributed by atoms with Gasteiger partial charge in [0.2, 0.25) is 0 Å². The van der Waals surface area contributed by atoms with Crippen LogP contribution in [0.3, 0.4) is 0 Å². The summed E-state index contributed by atoms with van der Waals surface area (Å²) in [6.07, 6.45) is 4.94. The second-order valence-corrected chi connectivity index (χ2v) is 6.29. The molecule has 0 aromatic carbocycles. The smallest absolute Gasteiger partial charge is 0.253 e. The van der Waals surface area contributed by atoms with Gasteiger partial charge in [-0.2, -0.15) is 5.10 Å². The van der Waals surface area contributed by atoms with E-state index in [2.05, 4.69) is 15.4 Å². The highest BCUT2D eigenvalue weighted by Crippen LogP contribution is 2.27. The van der Waals surface area contributed by atoms with E-state index in [-0.39, 0.29) is 12.5 Å². The quantitative estimate of drug-likeness (QED) is 0.841. The Labute approximate surface area is 139 Å². The summed E-state index contributed by atoms with van der Waals surface area (Å²) < 4.78 is 8.19. The van der Waals surface area contributed by atoms with E-state index < -0.39 is 11.6 Å². The summed E-state index contributed by atoms with van der Waals surface area (Å²) >= 11 is 0. The minimum absolute atomic E-state index is 0.0669. The highest BCUT2D eigenvalue weighted by Gasteiger charge is 2.34. The molecule has 2 unspecified atom stereocenters. The molecule has 0 radical (unpaired) electrons. The van der Waals surface area contributed by atoms with E-state index in [1.54, 1.807) is 22.7 Å². The zero-order chi connectivity index (χ0) is 17.3. The Balaban J connectivity index is 1.82. The highest BCUT2D eigenvalue weighted by atomic mass is 16.5. The third kappa shape index (κ3) is 3.04. The van der Waals surface area contributed by atoms with Crippen molar-refractivity contribution in [3.05, 3.63) is 24.2 Å². The van der Waals surface area contributed by atoms with Crippen molar-refractivity contribution < 1.29 is 14.6 Å². The van der Waals surface area contributed by atoms with Crippen LogP contribution in [0.15, 0.2) is 18.5 Å². The molecule has 0 spiro atoms. The van der Waals surface area contributed by atoms with Gasteiger partial charge in [-0.1, -0.05) is 5.21 Å². The molecule has 3 rings (SSSR count). The summed E-state index contributed by atoms with van der Waals surface area (Å²) in [5.74, 6) is 0.571. The number of rotatable bonds is 5. The number of carbonyl (C=O) groups is 1. The number of methoxy groups -OCH3 is 1. The maximum atomic E-state index is 12.8. The van der Waals surface area contributed by atoms with Crippen molar-refractivity contribution in [2.24, 2.45) is 7.05 Å². The van der Waals surface area contributed by atoms with Gasteiger partial charge in [-0.15, -0.1) is 5.10 Å². The Morgan fingerprint density at radius 3 is 2.96 bits per heavy atom. The summed E-state index contributed by atoms with van der Waals surface area (Å²) in [5.41, 5.74) is -0.863. The Hall–Kier alpha value is -2.26. The van der Waals surface area contributed by atoms with Gasteiger partial charge in [0.25, 0.3) is 5.91 Å². The zero-order valence-electron chi connectivity index (χ0n) is 14.1. The average molecular weight is 334 g/mol. The van der Waals surface area contributed by atoms with Gasteiger partial charge in [0.1, 0.15) is 17.3 Å². The lowest BCUT2D eigenvalue weighted by Gasteiger charge is -2.30. The summed E-state index contributed by atoms with van der Waals surface area (Å²) in [4.78, 5) is 14.5. The SMILES string of the molecule is COCC(C)(O)c1cn(C2CCCN(c3ccn(C)n3)C2=O)nn1. The molecule has 130 valence electrons. The van der Waals surface area contributed by atoms with Gasteiger partial charge < -0.3 is 9.84 Å². The van der Waals surface area contributed by atoms with E-state index in [1.807, 2.05) is 19.3 Å². The van der Waals surface area contributed by atoms with E-state index >= 15 is 0 Å². The number of hydrogen-bond donors (Lipinski definition) is 1. The zero-order valence-corrected chi connectivity index (χ0v) is 14.1. The van der Waals surface area contributed by atoms with Crippen LogP contribution in [0.25, 0.3) is 0 Å². The van der Waals surface area contributed by atoms with E-state index in [0.29, 0.717) is 24.5 Å². The maximum Gasteiger partial charge on any atom is 0.253 e. The largest absolute Gasteiger partial charge is 0.381 e. The minimum Gasteiger partial charge on any atom is -0.381 e.